The minimum absolute atomic E-state index is 0.138. The van der Waals surface area contributed by atoms with Gasteiger partial charge in [0.25, 0.3) is 0 Å². The van der Waals surface area contributed by atoms with E-state index in [4.69, 9.17) is 17.3 Å². The molecule has 1 heterocycles. The van der Waals surface area contributed by atoms with E-state index in [0.717, 1.165) is 10.9 Å². The van der Waals surface area contributed by atoms with Crippen molar-refractivity contribution in [3.8, 4) is 0 Å². The Bertz CT molecular complexity index is 744. The molecule has 4 heteroatoms. The highest BCUT2D eigenvalue weighted by molar-refractivity contribution is 6.35. The van der Waals surface area contributed by atoms with Gasteiger partial charge < -0.3 is 10.7 Å². The summed E-state index contributed by atoms with van der Waals surface area (Å²) in [6.45, 7) is 0. The second kappa shape index (κ2) is 4.44. The molecule has 2 aromatic carbocycles. The van der Waals surface area contributed by atoms with Crippen LogP contribution >= 0.6 is 11.6 Å². The Morgan fingerprint density at radius 3 is 2.63 bits per heavy atom. The average molecular weight is 271 g/mol. The number of H-pyrrole nitrogens is 1. The third kappa shape index (κ3) is 2.09. The Morgan fingerprint density at radius 1 is 1.11 bits per heavy atom. The number of nitrogens with two attached hydrogens (primary N) is 1. The summed E-state index contributed by atoms with van der Waals surface area (Å²) >= 11 is 6.06. The number of aromatic amines is 1. The summed E-state index contributed by atoms with van der Waals surface area (Å²) in [5.41, 5.74) is 8.06. The molecule has 3 nitrogen and oxygen atoms in total. The van der Waals surface area contributed by atoms with Gasteiger partial charge in [0.2, 0.25) is 5.78 Å². The molecule has 0 aliphatic heterocycles. The van der Waals surface area contributed by atoms with Crippen LogP contribution in [0.2, 0.25) is 5.02 Å². The van der Waals surface area contributed by atoms with Gasteiger partial charge in [0.05, 0.1) is 10.7 Å². The second-order valence-corrected chi connectivity index (χ2v) is 4.75. The lowest BCUT2D eigenvalue weighted by atomic mass is 10.1. The second-order valence-electron chi connectivity index (χ2n) is 4.34. The number of anilines is 1. The van der Waals surface area contributed by atoms with Gasteiger partial charge in [-0.3, -0.25) is 4.79 Å². The average Bonchev–Trinajstić information content (AvgIpc) is 2.81. The number of hydrogen-bond acceptors (Lipinski definition) is 2. The first-order chi connectivity index (χ1) is 9.15. The molecule has 3 aromatic rings. The van der Waals surface area contributed by atoms with Gasteiger partial charge >= 0.3 is 0 Å². The molecule has 0 amide bonds. The van der Waals surface area contributed by atoms with Gasteiger partial charge in [0.15, 0.2) is 0 Å². The summed E-state index contributed by atoms with van der Waals surface area (Å²) in [6, 6.07) is 14.4. The van der Waals surface area contributed by atoms with Crippen molar-refractivity contribution < 1.29 is 4.79 Å². The predicted molar refractivity (Wildman–Crippen MR) is 77.6 cm³/mol. The van der Waals surface area contributed by atoms with Crippen molar-refractivity contribution in [3.63, 3.8) is 0 Å². The molecule has 0 fully saturated rings. The third-order valence-electron chi connectivity index (χ3n) is 3.01. The number of nitrogen functional groups attached to an aromatic ring is 1. The summed E-state index contributed by atoms with van der Waals surface area (Å²) in [7, 11) is 0. The fraction of sp³-hybridized carbons (Fsp3) is 0. The molecule has 3 N–H and O–H groups in total. The number of carbonyl (C=O) groups excluding carboxylic acids is 1. The minimum Gasteiger partial charge on any atom is -0.399 e. The van der Waals surface area contributed by atoms with Crippen molar-refractivity contribution in [1.82, 2.24) is 4.98 Å². The number of halogens is 1. The van der Waals surface area contributed by atoms with Gasteiger partial charge in [-0.1, -0.05) is 29.8 Å². The normalized spacial score (nSPS) is 10.8. The lowest BCUT2D eigenvalue weighted by molar-refractivity contribution is 0.103. The summed E-state index contributed by atoms with van der Waals surface area (Å²) < 4.78 is 0. The lowest BCUT2D eigenvalue weighted by Gasteiger charge is -2.02. The molecule has 94 valence electrons. The SMILES string of the molecule is Nc1ccc(C(=O)c2cc3ccccc3[nH]2)c(Cl)c1. The van der Waals surface area contributed by atoms with Crippen LogP contribution in [0.1, 0.15) is 16.1 Å². The maximum atomic E-state index is 12.4. The van der Waals surface area contributed by atoms with E-state index >= 15 is 0 Å². The first-order valence-electron chi connectivity index (χ1n) is 5.82. The minimum atomic E-state index is -0.138. The molecule has 0 aliphatic rings. The van der Waals surface area contributed by atoms with E-state index in [0.29, 0.717) is 22.0 Å². The van der Waals surface area contributed by atoms with E-state index in [1.54, 1.807) is 18.2 Å². The molecule has 0 bridgehead atoms. The number of nitrogens with one attached hydrogen (secondary N) is 1. The number of aromatic nitrogens is 1. The number of fused-ring (bicyclic) bond motifs is 1. The van der Waals surface area contributed by atoms with Crippen molar-refractivity contribution in [2.45, 2.75) is 0 Å². The predicted octanol–water partition coefficient (Wildman–Crippen LogP) is 3.63. The molecular weight excluding hydrogens is 260 g/mol. The van der Waals surface area contributed by atoms with Crippen molar-refractivity contribution in [2.75, 3.05) is 5.73 Å². The molecule has 0 atom stereocenters. The molecule has 0 radical (unpaired) electrons. The summed E-state index contributed by atoms with van der Waals surface area (Å²) in [4.78, 5) is 15.5. The highest BCUT2D eigenvalue weighted by Gasteiger charge is 2.15. The summed E-state index contributed by atoms with van der Waals surface area (Å²) in [6.07, 6.45) is 0. The van der Waals surface area contributed by atoms with Gasteiger partial charge in [-0.15, -0.1) is 0 Å². The van der Waals surface area contributed by atoms with Crippen LogP contribution in [0.25, 0.3) is 10.9 Å². The molecule has 0 saturated heterocycles. The van der Waals surface area contributed by atoms with Crippen LogP contribution in [-0.4, -0.2) is 10.8 Å². The quantitative estimate of drug-likeness (QED) is 0.552. The number of ketones is 1. The van der Waals surface area contributed by atoms with Crippen molar-refractivity contribution in [2.24, 2.45) is 0 Å². The van der Waals surface area contributed by atoms with Crippen LogP contribution in [0, 0.1) is 0 Å². The Kier molecular flexibility index (Phi) is 2.76. The van der Waals surface area contributed by atoms with Gasteiger partial charge in [0.1, 0.15) is 0 Å². The van der Waals surface area contributed by atoms with Crippen LogP contribution in [0.4, 0.5) is 5.69 Å². The van der Waals surface area contributed by atoms with Crippen LogP contribution in [0.15, 0.2) is 48.5 Å². The monoisotopic (exact) mass is 270 g/mol. The third-order valence-corrected chi connectivity index (χ3v) is 3.33. The number of hydrogen-bond donors (Lipinski definition) is 2. The molecule has 19 heavy (non-hydrogen) atoms. The lowest BCUT2D eigenvalue weighted by Crippen LogP contribution is -2.03. The molecule has 0 unspecified atom stereocenters. The van der Waals surface area contributed by atoms with E-state index in [1.165, 1.54) is 0 Å². The zero-order valence-corrected chi connectivity index (χ0v) is 10.7. The summed E-state index contributed by atoms with van der Waals surface area (Å²) in [5.74, 6) is -0.138. The van der Waals surface area contributed by atoms with Gasteiger partial charge in [-0.25, -0.2) is 0 Å². The summed E-state index contributed by atoms with van der Waals surface area (Å²) in [5, 5.41) is 1.36. The Balaban J connectivity index is 2.08. The zero-order chi connectivity index (χ0) is 13.4. The standard InChI is InChI=1S/C15H11ClN2O/c16-12-8-10(17)5-6-11(12)15(19)14-7-9-3-1-2-4-13(9)18-14/h1-8,18H,17H2. The highest BCUT2D eigenvalue weighted by Crippen LogP contribution is 2.23. The number of benzene rings is 2. The van der Waals surface area contributed by atoms with Gasteiger partial charge in [-0.05, 0) is 30.3 Å². The van der Waals surface area contributed by atoms with Gasteiger partial charge in [-0.2, -0.15) is 0 Å². The van der Waals surface area contributed by atoms with E-state index < -0.39 is 0 Å². The molecule has 3 rings (SSSR count). The first kappa shape index (κ1) is 11.8. The Morgan fingerprint density at radius 2 is 1.89 bits per heavy atom. The topological polar surface area (TPSA) is 58.9 Å². The Hall–Kier alpha value is -2.26. The van der Waals surface area contributed by atoms with Crippen LogP contribution in [-0.2, 0) is 0 Å². The molecule has 0 spiro atoms. The zero-order valence-electron chi connectivity index (χ0n) is 9.98. The molecule has 0 aliphatic carbocycles. The largest absolute Gasteiger partial charge is 0.399 e. The number of para-hydroxylation sites is 1. The maximum Gasteiger partial charge on any atom is 0.210 e. The Labute approximate surface area is 115 Å². The number of carbonyl (C=O) groups is 1. The number of rotatable bonds is 2. The van der Waals surface area contributed by atoms with E-state index in [-0.39, 0.29) is 5.78 Å². The van der Waals surface area contributed by atoms with Crippen LogP contribution in [0.5, 0.6) is 0 Å². The van der Waals surface area contributed by atoms with Crippen molar-refractivity contribution in [1.29, 1.82) is 0 Å². The fourth-order valence-corrected chi connectivity index (χ4v) is 2.33. The smallest absolute Gasteiger partial charge is 0.210 e. The van der Waals surface area contributed by atoms with Gasteiger partial charge in [0, 0.05) is 22.2 Å². The molecule has 0 saturated carbocycles. The van der Waals surface area contributed by atoms with Crippen molar-refractivity contribution >= 4 is 34.0 Å². The van der Waals surface area contributed by atoms with E-state index in [1.807, 2.05) is 30.3 Å². The van der Waals surface area contributed by atoms with Crippen LogP contribution in [0.3, 0.4) is 0 Å². The molecule has 1 aromatic heterocycles. The highest BCUT2D eigenvalue weighted by atomic mass is 35.5. The fourth-order valence-electron chi connectivity index (χ4n) is 2.06. The first-order valence-corrected chi connectivity index (χ1v) is 6.20. The molecular formula is C15H11ClN2O. The van der Waals surface area contributed by atoms with E-state index in [2.05, 4.69) is 4.98 Å². The van der Waals surface area contributed by atoms with Crippen LogP contribution < -0.4 is 5.73 Å². The maximum absolute atomic E-state index is 12.4. The van der Waals surface area contributed by atoms with Crippen molar-refractivity contribution in [3.05, 3.63) is 64.8 Å². The van der Waals surface area contributed by atoms with E-state index in [9.17, 15) is 4.79 Å².